The molecular formula is C15H27N3O. The quantitative estimate of drug-likeness (QED) is 0.785. The van der Waals surface area contributed by atoms with Crippen molar-refractivity contribution in [1.29, 1.82) is 0 Å². The smallest absolute Gasteiger partial charge is 0.216 e. The zero-order chi connectivity index (χ0) is 14.3. The molecule has 1 N–H and O–H groups in total. The molecule has 1 rings (SSSR count). The number of aromatic nitrogens is 2. The lowest BCUT2D eigenvalue weighted by molar-refractivity contribution is 0.295. The molecule has 0 saturated heterocycles. The van der Waals surface area contributed by atoms with Gasteiger partial charge in [-0.15, -0.1) is 0 Å². The summed E-state index contributed by atoms with van der Waals surface area (Å²) < 4.78 is 5.15. The first-order chi connectivity index (χ1) is 9.08. The zero-order valence-corrected chi connectivity index (χ0v) is 12.8. The van der Waals surface area contributed by atoms with Gasteiger partial charge in [-0.25, -0.2) is 9.97 Å². The molecule has 0 fully saturated rings. The number of methoxy groups -OCH3 is 1. The van der Waals surface area contributed by atoms with Crippen LogP contribution in [0.4, 0.5) is 0 Å². The molecule has 0 bridgehead atoms. The van der Waals surface area contributed by atoms with Crippen molar-refractivity contribution in [3.8, 4) is 5.88 Å². The molecule has 0 aliphatic carbocycles. The van der Waals surface area contributed by atoms with Gasteiger partial charge >= 0.3 is 0 Å². The summed E-state index contributed by atoms with van der Waals surface area (Å²) in [6.45, 7) is 10.1. The molecule has 1 aromatic heterocycles. The van der Waals surface area contributed by atoms with Crippen LogP contribution in [-0.2, 0) is 6.42 Å². The summed E-state index contributed by atoms with van der Waals surface area (Å²) in [7, 11) is 1.63. The van der Waals surface area contributed by atoms with Crippen LogP contribution in [0.3, 0.4) is 0 Å². The topological polar surface area (TPSA) is 47.0 Å². The highest BCUT2D eigenvalue weighted by atomic mass is 16.5. The third-order valence-electron chi connectivity index (χ3n) is 3.68. The Bertz CT molecular complexity index is 368. The van der Waals surface area contributed by atoms with Crippen LogP contribution >= 0.6 is 0 Å². The summed E-state index contributed by atoms with van der Waals surface area (Å²) in [4.78, 5) is 8.40. The molecular weight excluding hydrogens is 238 g/mol. The minimum absolute atomic E-state index is 0.444. The normalized spacial score (nSPS) is 14.4. The van der Waals surface area contributed by atoms with Gasteiger partial charge in [-0.1, -0.05) is 27.7 Å². The van der Waals surface area contributed by atoms with Crippen LogP contribution in [0.1, 0.15) is 39.8 Å². The number of nitrogens with zero attached hydrogens (tertiary/aromatic N) is 2. The minimum atomic E-state index is 0.444. The minimum Gasteiger partial charge on any atom is -0.481 e. The summed E-state index contributed by atoms with van der Waals surface area (Å²) in [6.07, 6.45) is 3.64. The second kappa shape index (κ2) is 8.10. The van der Waals surface area contributed by atoms with E-state index in [4.69, 9.17) is 4.74 Å². The van der Waals surface area contributed by atoms with Crippen molar-refractivity contribution in [2.24, 2.45) is 11.8 Å². The molecule has 1 aromatic rings. The number of nitrogens with one attached hydrogen (secondary N) is 1. The summed E-state index contributed by atoms with van der Waals surface area (Å²) in [6, 6.07) is 2.37. The average molecular weight is 265 g/mol. The van der Waals surface area contributed by atoms with E-state index >= 15 is 0 Å². The Hall–Kier alpha value is -1.16. The van der Waals surface area contributed by atoms with Crippen LogP contribution in [-0.4, -0.2) is 29.7 Å². The molecule has 0 aliphatic rings. The number of hydrogen-bond acceptors (Lipinski definition) is 4. The van der Waals surface area contributed by atoms with Crippen molar-refractivity contribution in [1.82, 2.24) is 15.3 Å². The maximum Gasteiger partial charge on any atom is 0.216 e. The van der Waals surface area contributed by atoms with Crippen LogP contribution < -0.4 is 10.1 Å². The van der Waals surface area contributed by atoms with E-state index in [1.165, 1.54) is 0 Å². The van der Waals surface area contributed by atoms with E-state index in [9.17, 15) is 0 Å². The van der Waals surface area contributed by atoms with Gasteiger partial charge in [0.15, 0.2) is 0 Å². The lowest BCUT2D eigenvalue weighted by Gasteiger charge is -2.28. The van der Waals surface area contributed by atoms with Gasteiger partial charge in [0.2, 0.25) is 5.88 Å². The molecule has 1 heterocycles. The van der Waals surface area contributed by atoms with Gasteiger partial charge in [0.25, 0.3) is 0 Å². The zero-order valence-electron chi connectivity index (χ0n) is 12.8. The molecule has 2 atom stereocenters. The van der Waals surface area contributed by atoms with Crippen LogP contribution in [0, 0.1) is 11.8 Å². The standard InChI is InChI=1S/C15H27N3O/c1-6-7-16-14(12(4)11(2)3)8-13-9-15(19-5)18-10-17-13/h9-12,14,16H,6-8H2,1-5H3. The fourth-order valence-electron chi connectivity index (χ4n) is 2.06. The Morgan fingerprint density at radius 3 is 2.58 bits per heavy atom. The number of rotatable bonds is 8. The molecule has 19 heavy (non-hydrogen) atoms. The Labute approximate surface area is 117 Å². The molecule has 0 saturated carbocycles. The van der Waals surface area contributed by atoms with Crippen molar-refractivity contribution in [3.05, 3.63) is 18.1 Å². The van der Waals surface area contributed by atoms with Gasteiger partial charge < -0.3 is 10.1 Å². The molecule has 0 aliphatic heterocycles. The predicted molar refractivity (Wildman–Crippen MR) is 78.4 cm³/mol. The second-order valence-corrected chi connectivity index (χ2v) is 5.42. The maximum atomic E-state index is 5.15. The molecule has 108 valence electrons. The van der Waals surface area contributed by atoms with Gasteiger partial charge in [-0.2, -0.15) is 0 Å². The lowest BCUT2D eigenvalue weighted by Crippen LogP contribution is -2.39. The van der Waals surface area contributed by atoms with E-state index in [0.717, 1.165) is 25.1 Å². The summed E-state index contributed by atoms with van der Waals surface area (Å²) in [5, 5.41) is 3.64. The van der Waals surface area contributed by atoms with Gasteiger partial charge in [0.1, 0.15) is 6.33 Å². The Morgan fingerprint density at radius 1 is 1.26 bits per heavy atom. The lowest BCUT2D eigenvalue weighted by atomic mass is 9.87. The fraction of sp³-hybridized carbons (Fsp3) is 0.733. The first-order valence-electron chi connectivity index (χ1n) is 7.16. The summed E-state index contributed by atoms with van der Waals surface area (Å²) in [5.41, 5.74) is 1.04. The van der Waals surface area contributed by atoms with Crippen LogP contribution in [0.2, 0.25) is 0 Å². The Balaban J connectivity index is 2.74. The predicted octanol–water partition coefficient (Wildman–Crippen LogP) is 2.69. The van der Waals surface area contributed by atoms with Crippen molar-refractivity contribution in [2.45, 2.75) is 46.6 Å². The van der Waals surface area contributed by atoms with Gasteiger partial charge in [-0.3, -0.25) is 0 Å². The van der Waals surface area contributed by atoms with Gasteiger partial charge in [0.05, 0.1) is 7.11 Å². The third kappa shape index (κ3) is 5.15. The molecule has 0 aromatic carbocycles. The first-order valence-corrected chi connectivity index (χ1v) is 7.16. The van der Waals surface area contributed by atoms with Crippen LogP contribution in [0.15, 0.2) is 12.4 Å². The van der Waals surface area contributed by atoms with E-state index in [-0.39, 0.29) is 0 Å². The molecule has 0 radical (unpaired) electrons. The van der Waals surface area contributed by atoms with E-state index < -0.39 is 0 Å². The highest BCUT2D eigenvalue weighted by Crippen LogP contribution is 2.18. The van der Waals surface area contributed by atoms with Crippen molar-refractivity contribution < 1.29 is 4.74 Å². The van der Waals surface area contributed by atoms with Crippen molar-refractivity contribution in [3.63, 3.8) is 0 Å². The van der Waals surface area contributed by atoms with E-state index in [1.54, 1.807) is 13.4 Å². The molecule has 2 unspecified atom stereocenters. The molecule has 4 heteroatoms. The van der Waals surface area contributed by atoms with Crippen molar-refractivity contribution >= 4 is 0 Å². The summed E-state index contributed by atoms with van der Waals surface area (Å²) in [5.74, 6) is 1.89. The Kier molecular flexibility index (Phi) is 6.78. The number of hydrogen-bond donors (Lipinski definition) is 1. The highest BCUT2D eigenvalue weighted by Gasteiger charge is 2.20. The van der Waals surface area contributed by atoms with Crippen molar-refractivity contribution in [2.75, 3.05) is 13.7 Å². The average Bonchev–Trinajstić information content (AvgIpc) is 2.42. The van der Waals surface area contributed by atoms with E-state index in [1.807, 2.05) is 6.07 Å². The maximum absolute atomic E-state index is 5.15. The van der Waals surface area contributed by atoms with Gasteiger partial charge in [-0.05, 0) is 24.8 Å². The van der Waals surface area contributed by atoms with E-state index in [2.05, 4.69) is 43.0 Å². The largest absolute Gasteiger partial charge is 0.481 e. The van der Waals surface area contributed by atoms with Crippen LogP contribution in [0.25, 0.3) is 0 Å². The molecule has 4 nitrogen and oxygen atoms in total. The van der Waals surface area contributed by atoms with E-state index in [0.29, 0.717) is 23.8 Å². The monoisotopic (exact) mass is 265 g/mol. The Morgan fingerprint density at radius 2 is 2.00 bits per heavy atom. The fourth-order valence-corrected chi connectivity index (χ4v) is 2.06. The highest BCUT2D eigenvalue weighted by molar-refractivity contribution is 5.14. The van der Waals surface area contributed by atoms with Gasteiger partial charge in [0, 0.05) is 24.2 Å². The SMILES string of the molecule is CCCNC(Cc1cc(OC)ncn1)C(C)C(C)C. The second-order valence-electron chi connectivity index (χ2n) is 5.42. The third-order valence-corrected chi connectivity index (χ3v) is 3.68. The molecule has 0 spiro atoms. The first kappa shape index (κ1) is 15.9. The van der Waals surface area contributed by atoms with Crippen LogP contribution in [0.5, 0.6) is 5.88 Å². The summed E-state index contributed by atoms with van der Waals surface area (Å²) >= 11 is 0. The number of ether oxygens (including phenoxy) is 1. The molecule has 0 amide bonds.